The fourth-order valence-electron chi connectivity index (χ4n) is 5.22. The van der Waals surface area contributed by atoms with E-state index in [4.69, 9.17) is 25.8 Å². The van der Waals surface area contributed by atoms with Crippen LogP contribution < -0.4 is 19.7 Å². The summed E-state index contributed by atoms with van der Waals surface area (Å²) in [5.74, 6) is 1.12. The second-order valence-electron chi connectivity index (χ2n) is 9.47. The molecule has 4 atom stereocenters. The lowest BCUT2D eigenvalue weighted by Crippen LogP contribution is -2.73. The highest BCUT2D eigenvalue weighted by Crippen LogP contribution is 2.43. The Morgan fingerprint density at radius 1 is 1.11 bits per heavy atom. The molecule has 8 nitrogen and oxygen atoms in total. The van der Waals surface area contributed by atoms with Gasteiger partial charge in [0.2, 0.25) is 0 Å². The highest BCUT2D eigenvalue weighted by Gasteiger charge is 2.54. The van der Waals surface area contributed by atoms with E-state index < -0.39 is 6.10 Å². The van der Waals surface area contributed by atoms with Crippen molar-refractivity contribution in [2.24, 2.45) is 0 Å². The number of piperidine rings is 1. The van der Waals surface area contributed by atoms with Crippen molar-refractivity contribution in [1.29, 1.82) is 0 Å². The maximum Gasteiger partial charge on any atom is 0.255 e. The summed E-state index contributed by atoms with van der Waals surface area (Å²) in [5, 5.41) is 14.3. The summed E-state index contributed by atoms with van der Waals surface area (Å²) in [6, 6.07) is 22.1. The summed E-state index contributed by atoms with van der Waals surface area (Å²) < 4.78 is 17.9. The predicted molar refractivity (Wildman–Crippen MR) is 140 cm³/mol. The molecule has 4 aliphatic rings. The van der Waals surface area contributed by atoms with Crippen LogP contribution in [0, 0.1) is 0 Å². The van der Waals surface area contributed by atoms with E-state index in [-0.39, 0.29) is 30.9 Å². The average molecular weight is 522 g/mol. The van der Waals surface area contributed by atoms with Gasteiger partial charge in [0.1, 0.15) is 30.4 Å². The van der Waals surface area contributed by atoms with Crippen LogP contribution in [0.15, 0.2) is 72.8 Å². The molecule has 0 radical (unpaired) electrons. The quantitative estimate of drug-likeness (QED) is 0.464. The largest absolute Gasteiger partial charge is 0.489 e. The van der Waals surface area contributed by atoms with E-state index in [0.29, 0.717) is 35.3 Å². The number of nitrogens with zero attached hydrogens (tertiary/aromatic N) is 2. The van der Waals surface area contributed by atoms with Crippen molar-refractivity contribution in [2.75, 3.05) is 36.6 Å². The van der Waals surface area contributed by atoms with Gasteiger partial charge in [-0.3, -0.25) is 9.69 Å². The zero-order chi connectivity index (χ0) is 25.4. The molecule has 0 aromatic heterocycles. The molecule has 4 aliphatic heterocycles. The number of carbonyl (C=O) groups excluding carboxylic acids is 1. The summed E-state index contributed by atoms with van der Waals surface area (Å²) in [5.41, 5.74) is 2.11. The van der Waals surface area contributed by atoms with Crippen LogP contribution in [0.25, 0.3) is 0 Å². The number of benzene rings is 3. The molecule has 0 aliphatic carbocycles. The van der Waals surface area contributed by atoms with E-state index in [0.717, 1.165) is 24.4 Å². The van der Waals surface area contributed by atoms with E-state index in [2.05, 4.69) is 21.2 Å². The molecule has 37 heavy (non-hydrogen) atoms. The van der Waals surface area contributed by atoms with Crippen molar-refractivity contribution in [1.82, 2.24) is 4.90 Å². The third-order valence-electron chi connectivity index (χ3n) is 7.06. The lowest BCUT2D eigenvalue weighted by Gasteiger charge is -2.57. The molecule has 9 heteroatoms. The number of nitrogens with one attached hydrogen (secondary N) is 1. The topological polar surface area (TPSA) is 83.5 Å². The van der Waals surface area contributed by atoms with Crippen LogP contribution >= 0.6 is 11.6 Å². The Labute approximate surface area is 220 Å². The summed E-state index contributed by atoms with van der Waals surface area (Å²) >= 11 is 5.92. The van der Waals surface area contributed by atoms with Gasteiger partial charge in [-0.1, -0.05) is 35.9 Å². The number of carbonyl (C=O) groups is 1. The third kappa shape index (κ3) is 4.85. The van der Waals surface area contributed by atoms with Gasteiger partial charge in [0, 0.05) is 23.7 Å². The van der Waals surface area contributed by atoms with Crippen LogP contribution in [0.4, 0.5) is 11.4 Å². The van der Waals surface area contributed by atoms with Crippen molar-refractivity contribution in [3.63, 3.8) is 0 Å². The molecule has 4 heterocycles. The minimum Gasteiger partial charge on any atom is -0.489 e. The Kier molecular flexibility index (Phi) is 6.65. The van der Waals surface area contributed by atoms with Gasteiger partial charge in [-0.25, -0.2) is 0 Å². The molecule has 192 valence electrons. The molecule has 3 aromatic rings. The van der Waals surface area contributed by atoms with E-state index in [9.17, 15) is 9.90 Å². The van der Waals surface area contributed by atoms with E-state index >= 15 is 0 Å². The number of hydrogen-bond donors (Lipinski definition) is 2. The van der Waals surface area contributed by atoms with Crippen molar-refractivity contribution in [2.45, 2.75) is 30.9 Å². The first-order valence-corrected chi connectivity index (χ1v) is 12.8. The highest BCUT2D eigenvalue weighted by atomic mass is 35.5. The number of para-hydroxylation sites is 4. The number of anilines is 2. The first-order chi connectivity index (χ1) is 18.1. The van der Waals surface area contributed by atoms with E-state index in [1.54, 1.807) is 36.4 Å². The number of hydrogen-bond acceptors (Lipinski definition) is 7. The molecule has 2 bridgehead atoms. The molecule has 3 aromatic carbocycles. The lowest BCUT2D eigenvalue weighted by molar-refractivity contribution is -0.254. The van der Waals surface area contributed by atoms with Gasteiger partial charge >= 0.3 is 0 Å². The van der Waals surface area contributed by atoms with Crippen LogP contribution in [-0.2, 0) is 4.74 Å². The molecular weight excluding hydrogens is 494 g/mol. The molecular formula is C28H28ClN3O5. The number of aliphatic hydroxyl groups is 1. The number of halogens is 1. The molecule has 2 N–H and O–H groups in total. The Bertz CT molecular complexity index is 1270. The van der Waals surface area contributed by atoms with Crippen molar-refractivity contribution < 1.29 is 24.1 Å². The smallest absolute Gasteiger partial charge is 0.255 e. The molecule has 1 amide bonds. The molecule has 3 fully saturated rings. The third-order valence-corrected chi connectivity index (χ3v) is 7.31. The van der Waals surface area contributed by atoms with Gasteiger partial charge in [-0.05, 0) is 55.0 Å². The first-order valence-electron chi connectivity index (χ1n) is 12.4. The van der Waals surface area contributed by atoms with Gasteiger partial charge < -0.3 is 29.5 Å². The summed E-state index contributed by atoms with van der Waals surface area (Å²) in [6.45, 7) is 1.87. The second kappa shape index (κ2) is 10.2. The number of fused-ring (bicyclic) bond motifs is 3. The van der Waals surface area contributed by atoms with Crippen LogP contribution in [0.5, 0.6) is 11.5 Å². The van der Waals surface area contributed by atoms with Gasteiger partial charge in [-0.2, -0.15) is 0 Å². The summed E-state index contributed by atoms with van der Waals surface area (Å²) in [7, 11) is 0. The molecule has 0 saturated carbocycles. The predicted octanol–water partition coefficient (Wildman–Crippen LogP) is 3.99. The Morgan fingerprint density at radius 2 is 1.89 bits per heavy atom. The van der Waals surface area contributed by atoms with E-state index in [1.165, 1.54) is 0 Å². The van der Waals surface area contributed by atoms with Gasteiger partial charge in [0.15, 0.2) is 6.73 Å². The minimum absolute atomic E-state index is 0.0841. The van der Waals surface area contributed by atoms with Crippen LogP contribution in [0.1, 0.15) is 16.8 Å². The number of ether oxygens (including phenoxy) is 3. The van der Waals surface area contributed by atoms with Crippen molar-refractivity contribution in [3.05, 3.63) is 83.4 Å². The Hall–Kier alpha value is -3.30. The number of amides is 1. The van der Waals surface area contributed by atoms with Crippen LogP contribution in [0.2, 0.25) is 5.02 Å². The van der Waals surface area contributed by atoms with Gasteiger partial charge in [0.05, 0.1) is 23.5 Å². The number of rotatable bonds is 8. The summed E-state index contributed by atoms with van der Waals surface area (Å²) in [6.07, 6.45) is 0.227. The fourth-order valence-corrected chi connectivity index (χ4v) is 5.34. The summed E-state index contributed by atoms with van der Waals surface area (Å²) in [4.78, 5) is 17.1. The standard InChI is InChI=1S/C28H28ClN3O5/c29-19-11-9-18(10-12-19)27(34)30-21-5-1-3-7-23(21)35-16-20(33)15-31-14-13-25-26(28(31)37-25)32-17-36-24-8-4-2-6-22(24)32/h1-12,20,25-26,28,33H,13-17H2,(H,30,34). The second-order valence-corrected chi connectivity index (χ2v) is 9.91. The Morgan fingerprint density at radius 3 is 2.73 bits per heavy atom. The minimum atomic E-state index is -0.733. The SMILES string of the molecule is O=C(Nc1ccccc1OCC(O)CN1CCC2OC1C2N1COc2ccccc21)c1ccc(Cl)cc1. The molecule has 3 saturated heterocycles. The molecule has 4 unspecified atom stereocenters. The van der Waals surface area contributed by atoms with Gasteiger partial charge in [0.25, 0.3) is 5.91 Å². The average Bonchev–Trinajstić information content (AvgIpc) is 3.32. The Balaban J connectivity index is 1.05. The lowest BCUT2D eigenvalue weighted by atomic mass is 9.91. The molecule has 0 spiro atoms. The first kappa shape index (κ1) is 24.1. The van der Waals surface area contributed by atoms with Crippen molar-refractivity contribution in [3.8, 4) is 11.5 Å². The van der Waals surface area contributed by atoms with E-state index in [1.807, 2.05) is 30.3 Å². The van der Waals surface area contributed by atoms with Crippen LogP contribution in [-0.4, -0.2) is 66.8 Å². The fraction of sp³-hybridized carbons (Fsp3) is 0.321. The normalized spacial score (nSPS) is 23.0. The monoisotopic (exact) mass is 521 g/mol. The van der Waals surface area contributed by atoms with Crippen molar-refractivity contribution >= 4 is 28.9 Å². The van der Waals surface area contributed by atoms with Gasteiger partial charge in [-0.15, -0.1) is 0 Å². The highest BCUT2D eigenvalue weighted by molar-refractivity contribution is 6.30. The zero-order valence-electron chi connectivity index (χ0n) is 20.1. The maximum absolute atomic E-state index is 12.6. The number of aliphatic hydroxyl groups excluding tert-OH is 1. The zero-order valence-corrected chi connectivity index (χ0v) is 20.9. The van der Waals surface area contributed by atoms with Crippen LogP contribution in [0.3, 0.4) is 0 Å². The maximum atomic E-state index is 12.6. The molecule has 7 rings (SSSR count).